The predicted molar refractivity (Wildman–Crippen MR) is 130 cm³/mol. The number of para-hydroxylation sites is 1. The first kappa shape index (κ1) is 24.8. The highest BCUT2D eigenvalue weighted by atomic mass is 127. The molecule has 2 N–H and O–H groups in total. The fraction of sp³-hybridized carbons (Fsp3) is 0.591. The van der Waals surface area contributed by atoms with Gasteiger partial charge >= 0.3 is 0 Å². The molecule has 158 valence electrons. The first-order valence-corrected chi connectivity index (χ1v) is 10.2. The lowest BCUT2D eigenvalue weighted by atomic mass is 10.0. The van der Waals surface area contributed by atoms with Crippen molar-refractivity contribution in [2.75, 3.05) is 32.8 Å². The second-order valence-electron chi connectivity index (χ2n) is 7.52. The van der Waals surface area contributed by atoms with Crippen molar-refractivity contribution in [2.45, 2.75) is 46.2 Å². The molecule has 28 heavy (non-hydrogen) atoms. The number of nitrogens with zero attached hydrogens (tertiary/aromatic N) is 2. The van der Waals surface area contributed by atoms with Gasteiger partial charge in [0.25, 0.3) is 0 Å². The van der Waals surface area contributed by atoms with Crippen LogP contribution in [0, 0.1) is 5.92 Å². The summed E-state index contributed by atoms with van der Waals surface area (Å²) in [6.45, 7) is 15.9. The van der Waals surface area contributed by atoms with Crippen molar-refractivity contribution in [2.24, 2.45) is 10.9 Å². The Kier molecular flexibility index (Phi) is 12.2. The summed E-state index contributed by atoms with van der Waals surface area (Å²) < 4.78 is 5.74. The van der Waals surface area contributed by atoms with Crippen LogP contribution >= 0.6 is 24.0 Å². The zero-order valence-electron chi connectivity index (χ0n) is 17.6. The summed E-state index contributed by atoms with van der Waals surface area (Å²) in [7, 11) is 0. The maximum Gasteiger partial charge on any atom is 0.191 e. The van der Waals surface area contributed by atoms with Gasteiger partial charge in [0.15, 0.2) is 5.96 Å². The van der Waals surface area contributed by atoms with Gasteiger partial charge in [0.2, 0.25) is 0 Å². The zero-order valence-corrected chi connectivity index (χ0v) is 19.9. The Hall–Kier alpha value is -1.28. The maximum absolute atomic E-state index is 5.74. The predicted octanol–water partition coefficient (Wildman–Crippen LogP) is 4.04. The number of hydrogen-bond donors (Lipinski definition) is 2. The molecule has 0 unspecified atom stereocenters. The first-order chi connectivity index (χ1) is 13.1. The smallest absolute Gasteiger partial charge is 0.191 e. The summed E-state index contributed by atoms with van der Waals surface area (Å²) in [5.74, 6) is 2.49. The number of halogens is 1. The van der Waals surface area contributed by atoms with Crippen LogP contribution in [-0.4, -0.2) is 49.7 Å². The molecule has 0 aromatic heterocycles. The fourth-order valence-electron chi connectivity index (χ4n) is 3.38. The van der Waals surface area contributed by atoms with Crippen molar-refractivity contribution in [3.63, 3.8) is 0 Å². The quantitative estimate of drug-likeness (QED) is 0.233. The normalized spacial score (nSPS) is 15.8. The molecule has 0 spiro atoms. The molecule has 0 saturated carbocycles. The summed E-state index contributed by atoms with van der Waals surface area (Å²) in [6, 6.07) is 8.55. The van der Waals surface area contributed by atoms with Gasteiger partial charge in [0.1, 0.15) is 12.4 Å². The summed E-state index contributed by atoms with van der Waals surface area (Å²) in [6.07, 6.45) is 4.09. The van der Waals surface area contributed by atoms with Crippen LogP contribution in [0.15, 0.2) is 41.9 Å². The second-order valence-corrected chi connectivity index (χ2v) is 7.52. The van der Waals surface area contributed by atoms with E-state index in [-0.39, 0.29) is 24.0 Å². The topological polar surface area (TPSA) is 48.9 Å². The lowest BCUT2D eigenvalue weighted by Crippen LogP contribution is -2.49. The number of rotatable bonds is 9. The fourth-order valence-corrected chi connectivity index (χ4v) is 3.38. The molecule has 2 rings (SSSR count). The van der Waals surface area contributed by atoms with Crippen molar-refractivity contribution >= 4 is 29.9 Å². The van der Waals surface area contributed by atoms with Gasteiger partial charge in [-0.3, -0.25) is 0 Å². The molecule has 5 nitrogen and oxygen atoms in total. The number of nitrogens with one attached hydrogen (secondary N) is 2. The molecule has 1 saturated heterocycles. The van der Waals surface area contributed by atoms with Gasteiger partial charge in [0.05, 0.1) is 6.54 Å². The SMILES string of the molecule is C=CCOc1ccccc1CN=C(NCC)NC1CCN(CC(C)C)CC1.I. The molecule has 1 aromatic rings. The highest BCUT2D eigenvalue weighted by Crippen LogP contribution is 2.19. The molecule has 0 atom stereocenters. The number of hydrogen-bond acceptors (Lipinski definition) is 3. The third-order valence-electron chi connectivity index (χ3n) is 4.63. The Labute approximate surface area is 188 Å². The van der Waals surface area contributed by atoms with E-state index in [4.69, 9.17) is 9.73 Å². The number of likely N-dealkylation sites (tertiary alicyclic amines) is 1. The van der Waals surface area contributed by atoms with Crippen LogP contribution in [0.5, 0.6) is 5.75 Å². The van der Waals surface area contributed by atoms with E-state index in [0.717, 1.165) is 55.7 Å². The van der Waals surface area contributed by atoms with Gasteiger partial charge in [-0.05, 0) is 31.7 Å². The van der Waals surface area contributed by atoms with Crippen LogP contribution in [0.25, 0.3) is 0 Å². The molecule has 0 bridgehead atoms. The highest BCUT2D eigenvalue weighted by Gasteiger charge is 2.20. The Balaban J connectivity index is 0.00000392. The van der Waals surface area contributed by atoms with Crippen molar-refractivity contribution in [3.05, 3.63) is 42.5 Å². The summed E-state index contributed by atoms with van der Waals surface area (Å²) in [5, 5.41) is 6.99. The maximum atomic E-state index is 5.74. The lowest BCUT2D eigenvalue weighted by molar-refractivity contribution is 0.187. The van der Waals surface area contributed by atoms with E-state index < -0.39 is 0 Å². The Morgan fingerprint density at radius 1 is 1.32 bits per heavy atom. The first-order valence-electron chi connectivity index (χ1n) is 10.2. The third kappa shape index (κ3) is 8.82. The molecule has 1 heterocycles. The van der Waals surface area contributed by atoms with Crippen molar-refractivity contribution < 1.29 is 4.74 Å². The summed E-state index contributed by atoms with van der Waals surface area (Å²) in [4.78, 5) is 7.36. The average molecular weight is 500 g/mol. The minimum Gasteiger partial charge on any atom is -0.489 e. The molecule has 1 aromatic carbocycles. The van der Waals surface area contributed by atoms with Crippen LogP contribution in [-0.2, 0) is 6.54 Å². The standard InChI is InChI=1S/C22H36N4O.HI/c1-5-15-27-21-10-8-7-9-19(21)16-24-22(23-6-2)25-20-11-13-26(14-12-20)17-18(3)4;/h5,7-10,18,20H,1,6,11-17H2,2-4H3,(H2,23,24,25);1H. The molecule has 6 heteroatoms. The van der Waals surface area contributed by atoms with E-state index in [1.54, 1.807) is 6.08 Å². The molecule has 0 radical (unpaired) electrons. The van der Waals surface area contributed by atoms with Crippen LogP contribution < -0.4 is 15.4 Å². The molecular formula is C22H37IN4O. The molecule has 0 aliphatic carbocycles. The third-order valence-corrected chi connectivity index (χ3v) is 4.63. The van der Waals surface area contributed by atoms with Crippen molar-refractivity contribution in [1.82, 2.24) is 15.5 Å². The average Bonchev–Trinajstić information content (AvgIpc) is 2.66. The molecule has 1 aliphatic rings. The van der Waals surface area contributed by atoms with E-state index in [1.165, 1.54) is 6.54 Å². The number of guanidine groups is 1. The van der Waals surface area contributed by atoms with Gasteiger partial charge in [-0.15, -0.1) is 24.0 Å². The van der Waals surface area contributed by atoms with Gasteiger partial charge in [-0.25, -0.2) is 4.99 Å². The summed E-state index contributed by atoms with van der Waals surface area (Å²) in [5.41, 5.74) is 1.09. The van der Waals surface area contributed by atoms with Crippen LogP contribution in [0.1, 0.15) is 39.2 Å². The Bertz CT molecular complexity index is 598. The van der Waals surface area contributed by atoms with Gasteiger partial charge < -0.3 is 20.3 Å². The molecule has 0 amide bonds. The summed E-state index contributed by atoms with van der Waals surface area (Å²) >= 11 is 0. The Morgan fingerprint density at radius 3 is 2.68 bits per heavy atom. The number of piperidine rings is 1. The number of aliphatic imine (C=N–C) groups is 1. The Morgan fingerprint density at radius 2 is 2.04 bits per heavy atom. The molecular weight excluding hydrogens is 463 g/mol. The van der Waals surface area contributed by atoms with Gasteiger partial charge in [-0.2, -0.15) is 0 Å². The second kappa shape index (κ2) is 13.8. The number of ether oxygens (including phenoxy) is 1. The van der Waals surface area contributed by atoms with E-state index >= 15 is 0 Å². The molecule has 1 aliphatic heterocycles. The monoisotopic (exact) mass is 500 g/mol. The van der Waals surface area contributed by atoms with Crippen LogP contribution in [0.2, 0.25) is 0 Å². The van der Waals surface area contributed by atoms with Crippen molar-refractivity contribution in [3.8, 4) is 5.75 Å². The zero-order chi connectivity index (χ0) is 19.5. The molecule has 1 fully saturated rings. The van der Waals surface area contributed by atoms with E-state index in [2.05, 4.69) is 49.0 Å². The largest absolute Gasteiger partial charge is 0.489 e. The van der Waals surface area contributed by atoms with Gasteiger partial charge in [0, 0.05) is 37.8 Å². The van der Waals surface area contributed by atoms with E-state index in [0.29, 0.717) is 19.2 Å². The van der Waals surface area contributed by atoms with Gasteiger partial charge in [-0.1, -0.05) is 44.7 Å². The van der Waals surface area contributed by atoms with Crippen molar-refractivity contribution in [1.29, 1.82) is 0 Å². The lowest BCUT2D eigenvalue weighted by Gasteiger charge is -2.34. The van der Waals surface area contributed by atoms with Crippen LogP contribution in [0.4, 0.5) is 0 Å². The van der Waals surface area contributed by atoms with Crippen LogP contribution in [0.3, 0.4) is 0 Å². The number of benzene rings is 1. The highest BCUT2D eigenvalue weighted by molar-refractivity contribution is 14.0. The van der Waals surface area contributed by atoms with E-state index in [1.807, 2.05) is 18.2 Å². The minimum atomic E-state index is 0. The minimum absolute atomic E-state index is 0. The van der Waals surface area contributed by atoms with E-state index in [9.17, 15) is 0 Å².